The van der Waals surface area contributed by atoms with E-state index in [9.17, 15) is 4.79 Å². The number of hydrogen-bond acceptors (Lipinski definition) is 6. The van der Waals surface area contributed by atoms with Crippen LogP contribution in [-0.2, 0) is 11.2 Å². The van der Waals surface area contributed by atoms with Crippen molar-refractivity contribution in [1.29, 1.82) is 0 Å². The first-order chi connectivity index (χ1) is 17.2. The Bertz CT molecular complexity index is 1430. The van der Waals surface area contributed by atoms with Crippen molar-refractivity contribution >= 4 is 22.6 Å². The Balaban J connectivity index is 1.35. The number of rotatable bonds is 0. The molecule has 8 bridgehead atoms. The molecule has 8 heteroatoms. The second-order valence-electron chi connectivity index (χ2n) is 9.81. The minimum absolute atomic E-state index is 0.00422. The van der Waals surface area contributed by atoms with Gasteiger partial charge in [0, 0.05) is 42.7 Å². The number of carbonyl (C=O) groups is 1. The summed E-state index contributed by atoms with van der Waals surface area (Å²) in [5.41, 5.74) is 14.2. The number of hydrazine groups is 1. The Hall–Kier alpha value is -3.59. The molecular weight excluding hydrogens is 438 g/mol. The molecule has 176 valence electrons. The van der Waals surface area contributed by atoms with Gasteiger partial charge in [-0.2, -0.15) is 0 Å². The summed E-state index contributed by atoms with van der Waals surface area (Å²) < 4.78 is 0. The minimum atomic E-state index is -0.00422. The molecule has 0 spiro atoms. The number of aromatic nitrogens is 3. The van der Waals surface area contributed by atoms with E-state index in [4.69, 9.17) is 4.98 Å². The van der Waals surface area contributed by atoms with E-state index < -0.39 is 0 Å². The maximum Gasteiger partial charge on any atom is 0.224 e. The summed E-state index contributed by atoms with van der Waals surface area (Å²) in [7, 11) is 0. The Kier molecular flexibility index (Phi) is 4.90. The van der Waals surface area contributed by atoms with Gasteiger partial charge in [0.1, 0.15) is 5.82 Å². The van der Waals surface area contributed by atoms with E-state index >= 15 is 0 Å². The average molecular weight is 466 g/mol. The normalized spacial score (nSPS) is 25.8. The van der Waals surface area contributed by atoms with Crippen LogP contribution in [-0.4, -0.2) is 33.4 Å². The third-order valence-corrected chi connectivity index (χ3v) is 7.61. The summed E-state index contributed by atoms with van der Waals surface area (Å²) >= 11 is 0. The lowest BCUT2D eigenvalue weighted by atomic mass is 9.82. The number of amides is 1. The van der Waals surface area contributed by atoms with Crippen LogP contribution < -0.4 is 21.5 Å². The predicted octanol–water partition coefficient (Wildman–Crippen LogP) is 3.38. The molecule has 7 rings (SSSR count). The Morgan fingerprint density at radius 1 is 0.971 bits per heavy atom. The third kappa shape index (κ3) is 3.70. The molecule has 2 aromatic heterocycles. The second-order valence-corrected chi connectivity index (χ2v) is 9.81. The number of nitrogens with one attached hydrogen (secondary N) is 5. The summed E-state index contributed by atoms with van der Waals surface area (Å²) in [5.74, 6) is 1.31. The lowest BCUT2D eigenvalue weighted by Crippen LogP contribution is -2.46. The van der Waals surface area contributed by atoms with E-state index in [0.717, 1.165) is 57.8 Å². The lowest BCUT2D eigenvalue weighted by Gasteiger charge is -2.34. The standard InChI is InChI=1S/C27H27N7O/c35-24-8-7-15-3-1-4-16(9-15)19-5-2-6-21-25(19)32-27(31-21)26-20-11-22(29-14-23(20)33-34-26)17-10-18(30-24)13-28-12-17/h1-6,9-10,12-13,20,22-23,26,29,33-34H,7-8,11,14H2,(H,30,35)(H,31,32). The van der Waals surface area contributed by atoms with Crippen molar-refractivity contribution in [3.8, 4) is 11.1 Å². The van der Waals surface area contributed by atoms with Crippen molar-refractivity contribution in [3.63, 3.8) is 0 Å². The van der Waals surface area contributed by atoms with Crippen molar-refractivity contribution < 1.29 is 4.79 Å². The van der Waals surface area contributed by atoms with Crippen molar-refractivity contribution in [3.05, 3.63) is 77.9 Å². The third-order valence-electron chi connectivity index (χ3n) is 7.61. The highest BCUT2D eigenvalue weighted by Crippen LogP contribution is 2.39. The topological polar surface area (TPSA) is 107 Å². The highest BCUT2D eigenvalue weighted by atomic mass is 16.1. The lowest BCUT2D eigenvalue weighted by molar-refractivity contribution is -0.116. The van der Waals surface area contributed by atoms with Gasteiger partial charge in [0.25, 0.3) is 0 Å². The number of fused-ring (bicyclic) bond motifs is 9. The fourth-order valence-corrected chi connectivity index (χ4v) is 5.82. The van der Waals surface area contributed by atoms with Gasteiger partial charge < -0.3 is 15.6 Å². The monoisotopic (exact) mass is 465 g/mol. The predicted molar refractivity (Wildman–Crippen MR) is 134 cm³/mol. The van der Waals surface area contributed by atoms with Gasteiger partial charge in [-0.1, -0.05) is 36.4 Å². The molecule has 5 heterocycles. The number of para-hydroxylation sites is 1. The number of imidazole rings is 1. The van der Waals surface area contributed by atoms with Crippen molar-refractivity contribution in [2.75, 3.05) is 11.9 Å². The molecular formula is C27H27N7O. The van der Waals surface area contributed by atoms with E-state index in [0.29, 0.717) is 24.8 Å². The second kappa shape index (κ2) is 8.27. The highest BCUT2D eigenvalue weighted by Gasteiger charge is 2.42. The van der Waals surface area contributed by atoms with Gasteiger partial charge in [-0.05, 0) is 41.7 Å². The van der Waals surface area contributed by atoms with Crippen molar-refractivity contribution in [2.24, 2.45) is 5.92 Å². The number of aromatic amines is 1. The number of hydrogen-bond donors (Lipinski definition) is 5. The largest absolute Gasteiger partial charge is 0.341 e. The fourth-order valence-electron chi connectivity index (χ4n) is 5.82. The van der Waals surface area contributed by atoms with Crippen molar-refractivity contribution in [2.45, 2.75) is 37.4 Å². The van der Waals surface area contributed by atoms with Gasteiger partial charge in [0.05, 0.1) is 29.0 Å². The molecule has 0 aliphatic carbocycles. The molecule has 2 saturated heterocycles. The van der Waals surface area contributed by atoms with E-state index in [2.05, 4.69) is 73.9 Å². The first-order valence-corrected chi connectivity index (χ1v) is 12.3. The van der Waals surface area contributed by atoms with E-state index in [-0.39, 0.29) is 18.0 Å². The van der Waals surface area contributed by atoms with E-state index in [1.807, 2.05) is 12.3 Å². The van der Waals surface area contributed by atoms with Gasteiger partial charge in [0.2, 0.25) is 5.91 Å². The van der Waals surface area contributed by atoms with E-state index in [1.165, 1.54) is 0 Å². The van der Waals surface area contributed by atoms with Crippen LogP contribution in [0.25, 0.3) is 22.2 Å². The quantitative estimate of drug-likeness (QED) is 0.273. The fraction of sp³-hybridized carbons (Fsp3) is 0.296. The Morgan fingerprint density at radius 3 is 2.89 bits per heavy atom. The first kappa shape index (κ1) is 20.8. The van der Waals surface area contributed by atoms with Crippen LogP contribution in [0.3, 0.4) is 0 Å². The summed E-state index contributed by atoms with van der Waals surface area (Å²) in [4.78, 5) is 25.9. The maximum absolute atomic E-state index is 12.7. The molecule has 1 amide bonds. The molecule has 4 aromatic rings. The number of benzene rings is 2. The molecule has 0 radical (unpaired) electrons. The molecule has 2 fully saturated rings. The molecule has 2 aromatic carbocycles. The van der Waals surface area contributed by atoms with Crippen LogP contribution in [0, 0.1) is 5.92 Å². The molecule has 5 N–H and O–H groups in total. The number of carbonyl (C=O) groups excluding carboxylic acids is 1. The SMILES string of the molecule is O=C1CCc2cccc(c2)-c2cccc3[nH]c(nc23)C2NNC3CNC(CC32)c2cncc(c2)N1. The van der Waals surface area contributed by atoms with Crippen molar-refractivity contribution in [1.82, 2.24) is 31.1 Å². The zero-order valence-electron chi connectivity index (χ0n) is 19.2. The Labute approximate surface area is 202 Å². The molecule has 8 nitrogen and oxygen atoms in total. The number of nitrogens with zero attached hydrogens (tertiary/aromatic N) is 2. The summed E-state index contributed by atoms with van der Waals surface area (Å²) in [6.07, 6.45) is 5.63. The highest BCUT2D eigenvalue weighted by molar-refractivity contribution is 5.92. The van der Waals surface area contributed by atoms with Crippen LogP contribution in [0.2, 0.25) is 0 Å². The van der Waals surface area contributed by atoms with Gasteiger partial charge in [-0.25, -0.2) is 10.4 Å². The van der Waals surface area contributed by atoms with Crippen LogP contribution in [0.5, 0.6) is 0 Å². The zero-order valence-corrected chi connectivity index (χ0v) is 19.2. The summed E-state index contributed by atoms with van der Waals surface area (Å²) in [5, 5.41) is 6.70. The number of H-pyrrole nitrogens is 1. The molecule has 35 heavy (non-hydrogen) atoms. The first-order valence-electron chi connectivity index (χ1n) is 12.3. The van der Waals surface area contributed by atoms with Gasteiger partial charge in [-0.15, -0.1) is 0 Å². The number of piperidine rings is 1. The van der Waals surface area contributed by atoms with Gasteiger partial charge >= 0.3 is 0 Å². The molecule has 4 unspecified atom stereocenters. The van der Waals surface area contributed by atoms with Crippen LogP contribution in [0.4, 0.5) is 5.69 Å². The van der Waals surface area contributed by atoms with E-state index in [1.54, 1.807) is 6.20 Å². The summed E-state index contributed by atoms with van der Waals surface area (Å²) in [6.45, 7) is 0.841. The average Bonchev–Trinajstić information content (AvgIpc) is 3.51. The molecule has 4 atom stereocenters. The van der Waals surface area contributed by atoms with Gasteiger partial charge in [0.15, 0.2) is 0 Å². The maximum atomic E-state index is 12.7. The van der Waals surface area contributed by atoms with Crippen LogP contribution in [0.15, 0.2) is 60.9 Å². The minimum Gasteiger partial charge on any atom is -0.341 e. The molecule has 0 saturated carbocycles. The van der Waals surface area contributed by atoms with Crippen LogP contribution >= 0.6 is 0 Å². The Morgan fingerprint density at radius 2 is 1.91 bits per heavy atom. The smallest absolute Gasteiger partial charge is 0.224 e. The number of aryl methyl sites for hydroxylation is 1. The summed E-state index contributed by atoms with van der Waals surface area (Å²) in [6, 6.07) is 17.3. The molecule has 3 aliphatic heterocycles. The number of pyridine rings is 1. The number of anilines is 1. The van der Waals surface area contributed by atoms with Gasteiger partial charge in [-0.3, -0.25) is 15.2 Å². The molecule has 3 aliphatic rings. The zero-order chi connectivity index (χ0) is 23.4. The van der Waals surface area contributed by atoms with Crippen LogP contribution in [0.1, 0.15) is 41.9 Å².